The van der Waals surface area contributed by atoms with E-state index in [0.29, 0.717) is 47.8 Å². The van der Waals surface area contributed by atoms with E-state index in [1.165, 1.54) is 10.6 Å². The fourth-order valence-electron chi connectivity index (χ4n) is 4.15. The molecular weight excluding hydrogens is 497 g/mol. The van der Waals surface area contributed by atoms with Crippen molar-refractivity contribution in [2.24, 2.45) is 5.92 Å². The highest BCUT2D eigenvalue weighted by Gasteiger charge is 2.25. The molecule has 10 heteroatoms. The second kappa shape index (κ2) is 10.4. The Kier molecular flexibility index (Phi) is 7.58. The molecule has 1 fully saturated rings. The first kappa shape index (κ1) is 24.7. The number of halogens is 2. The number of hydrogen-bond donors (Lipinski definition) is 0. The number of nitriles is 1. The van der Waals surface area contributed by atoms with Crippen LogP contribution in [0.15, 0.2) is 42.6 Å². The fourth-order valence-corrected chi connectivity index (χ4v) is 5.37. The van der Waals surface area contributed by atoms with Crippen LogP contribution in [0.25, 0.3) is 16.6 Å². The van der Waals surface area contributed by atoms with E-state index >= 15 is 0 Å². The zero-order valence-corrected chi connectivity index (χ0v) is 21.0. The molecule has 7 nitrogen and oxygen atoms in total. The summed E-state index contributed by atoms with van der Waals surface area (Å²) in [4.78, 5) is 0. The summed E-state index contributed by atoms with van der Waals surface area (Å²) in [6, 6.07) is 13.5. The second-order valence-corrected chi connectivity index (χ2v) is 11.0. The number of sulfonamides is 1. The first-order chi connectivity index (χ1) is 16.3. The molecule has 4 rings (SSSR count). The van der Waals surface area contributed by atoms with Gasteiger partial charge in [0.25, 0.3) is 0 Å². The number of benzene rings is 2. The highest BCUT2D eigenvalue weighted by atomic mass is 35.5. The van der Waals surface area contributed by atoms with Crippen LogP contribution in [0, 0.1) is 17.2 Å². The van der Waals surface area contributed by atoms with Crippen molar-refractivity contribution in [2.45, 2.75) is 12.8 Å². The Balaban J connectivity index is 1.48. The van der Waals surface area contributed by atoms with Crippen molar-refractivity contribution in [1.29, 1.82) is 5.26 Å². The Bertz CT molecular complexity index is 1330. The molecule has 180 valence electrons. The van der Waals surface area contributed by atoms with Crippen molar-refractivity contribution in [1.82, 2.24) is 8.87 Å². The van der Waals surface area contributed by atoms with Gasteiger partial charge in [0.2, 0.25) is 10.0 Å². The summed E-state index contributed by atoms with van der Waals surface area (Å²) in [6.07, 6.45) is 4.75. The van der Waals surface area contributed by atoms with E-state index < -0.39 is 10.0 Å². The lowest BCUT2D eigenvalue weighted by Gasteiger charge is -2.30. The zero-order chi connectivity index (χ0) is 24.3. The van der Waals surface area contributed by atoms with Gasteiger partial charge >= 0.3 is 0 Å². The third-order valence-electron chi connectivity index (χ3n) is 5.94. The van der Waals surface area contributed by atoms with Crippen molar-refractivity contribution < 1.29 is 17.9 Å². The fraction of sp³-hybridized carbons (Fsp3) is 0.375. The average Bonchev–Trinajstić information content (AvgIpc) is 3.24. The van der Waals surface area contributed by atoms with Crippen molar-refractivity contribution in [2.75, 3.05) is 38.4 Å². The largest absolute Gasteiger partial charge is 0.493 e. The van der Waals surface area contributed by atoms with E-state index in [-0.39, 0.29) is 6.61 Å². The van der Waals surface area contributed by atoms with Gasteiger partial charge in [-0.25, -0.2) is 12.7 Å². The topological polar surface area (TPSA) is 84.6 Å². The van der Waals surface area contributed by atoms with Crippen LogP contribution < -0.4 is 9.47 Å². The minimum atomic E-state index is -3.12. The number of alkyl halides is 1. The van der Waals surface area contributed by atoms with Gasteiger partial charge in [-0.15, -0.1) is 11.6 Å². The van der Waals surface area contributed by atoms with Crippen molar-refractivity contribution in [3.05, 3.63) is 53.2 Å². The Morgan fingerprint density at radius 1 is 1.15 bits per heavy atom. The molecule has 0 N–H and O–H groups in total. The molecule has 0 amide bonds. The van der Waals surface area contributed by atoms with Gasteiger partial charge in [-0.3, -0.25) is 0 Å². The summed E-state index contributed by atoms with van der Waals surface area (Å²) in [5.74, 6) is 1.72. The quantitative estimate of drug-likeness (QED) is 0.396. The first-order valence-electron chi connectivity index (χ1n) is 10.9. The highest BCUT2D eigenvalue weighted by Crippen LogP contribution is 2.33. The number of nitrogens with zero attached hydrogens (tertiary/aromatic N) is 3. The highest BCUT2D eigenvalue weighted by molar-refractivity contribution is 7.88. The molecular formula is C24H25Cl2N3O4S. The van der Waals surface area contributed by atoms with Crippen LogP contribution in [0.4, 0.5) is 0 Å². The first-order valence-corrected chi connectivity index (χ1v) is 13.7. The van der Waals surface area contributed by atoms with Crippen LogP contribution in [-0.2, 0) is 10.0 Å². The Morgan fingerprint density at radius 3 is 2.59 bits per heavy atom. The molecule has 2 heterocycles. The van der Waals surface area contributed by atoms with E-state index in [0.717, 1.165) is 35.2 Å². The van der Waals surface area contributed by atoms with Gasteiger partial charge < -0.3 is 14.0 Å². The monoisotopic (exact) mass is 521 g/mol. The third kappa shape index (κ3) is 5.44. The van der Waals surface area contributed by atoms with Gasteiger partial charge in [-0.2, -0.15) is 5.26 Å². The summed E-state index contributed by atoms with van der Waals surface area (Å²) in [6.45, 7) is 1.89. The second-order valence-electron chi connectivity index (χ2n) is 8.28. The molecule has 34 heavy (non-hydrogen) atoms. The molecule has 1 aliphatic heterocycles. The van der Waals surface area contributed by atoms with Gasteiger partial charge in [0, 0.05) is 30.4 Å². The van der Waals surface area contributed by atoms with E-state index in [1.54, 1.807) is 12.1 Å². The Labute approximate surface area is 209 Å². The molecule has 0 aliphatic carbocycles. The van der Waals surface area contributed by atoms with Crippen LogP contribution in [0.2, 0.25) is 5.02 Å². The van der Waals surface area contributed by atoms with Crippen LogP contribution >= 0.6 is 23.2 Å². The lowest BCUT2D eigenvalue weighted by molar-refractivity contribution is 0.186. The summed E-state index contributed by atoms with van der Waals surface area (Å²) in [7, 11) is -3.12. The Morgan fingerprint density at radius 2 is 1.91 bits per heavy atom. The minimum Gasteiger partial charge on any atom is -0.493 e. The molecule has 0 bridgehead atoms. The lowest BCUT2D eigenvalue weighted by Crippen LogP contribution is -2.39. The number of fused-ring (bicyclic) bond motifs is 1. The number of aromatic nitrogens is 1. The van der Waals surface area contributed by atoms with E-state index in [2.05, 4.69) is 6.07 Å². The molecule has 3 aromatic rings. The lowest BCUT2D eigenvalue weighted by atomic mass is 9.99. The third-order valence-corrected chi connectivity index (χ3v) is 7.68. The van der Waals surface area contributed by atoms with Crippen LogP contribution in [0.3, 0.4) is 0 Å². The van der Waals surface area contributed by atoms with E-state index in [9.17, 15) is 13.7 Å². The molecule has 0 unspecified atom stereocenters. The van der Waals surface area contributed by atoms with E-state index in [1.807, 2.05) is 35.0 Å². The number of piperidine rings is 1. The number of hydrogen-bond acceptors (Lipinski definition) is 5. The summed E-state index contributed by atoms with van der Waals surface area (Å²) in [5.41, 5.74) is 2.04. The van der Waals surface area contributed by atoms with Crippen LogP contribution in [0.5, 0.6) is 11.5 Å². The maximum Gasteiger partial charge on any atom is 0.211 e. The zero-order valence-electron chi connectivity index (χ0n) is 18.7. The van der Waals surface area contributed by atoms with Crippen molar-refractivity contribution >= 4 is 44.1 Å². The minimum absolute atomic E-state index is 0.265. The molecule has 1 aromatic heterocycles. The maximum atomic E-state index is 11.7. The maximum absolute atomic E-state index is 11.7. The number of rotatable bonds is 8. The molecule has 1 aliphatic rings. The van der Waals surface area contributed by atoms with Gasteiger partial charge in [-0.05, 0) is 55.2 Å². The average molecular weight is 522 g/mol. The predicted molar refractivity (Wildman–Crippen MR) is 134 cm³/mol. The summed E-state index contributed by atoms with van der Waals surface area (Å²) >= 11 is 12.1. The van der Waals surface area contributed by atoms with Gasteiger partial charge in [0.05, 0.1) is 34.8 Å². The molecule has 0 radical (unpaired) electrons. The Hall–Kier alpha value is -2.44. The molecule has 0 atom stereocenters. The summed E-state index contributed by atoms with van der Waals surface area (Å²) < 4.78 is 38.4. The predicted octanol–water partition coefficient (Wildman–Crippen LogP) is 4.82. The normalized spacial score (nSPS) is 15.4. The standard InChI is InChI=1S/C24H25Cl2N3O4S/c1-34(30,31)28-8-4-17(5-9-28)16-33-21-2-3-23-18(13-21)6-10-29(23)20-12-19(15-27)24(22(26)14-20)32-11-7-25/h2-3,6,10,12-14,17H,4-5,7-9,11,16H2,1H3. The van der Waals surface area contributed by atoms with Crippen molar-refractivity contribution in [3.63, 3.8) is 0 Å². The van der Waals surface area contributed by atoms with Crippen LogP contribution in [-0.4, -0.2) is 55.7 Å². The van der Waals surface area contributed by atoms with Gasteiger partial charge in [0.1, 0.15) is 18.4 Å². The molecule has 2 aromatic carbocycles. The van der Waals surface area contributed by atoms with E-state index in [4.69, 9.17) is 32.7 Å². The molecule has 1 saturated heterocycles. The van der Waals surface area contributed by atoms with Crippen molar-refractivity contribution in [3.8, 4) is 23.3 Å². The van der Waals surface area contributed by atoms with Gasteiger partial charge in [-0.1, -0.05) is 11.6 Å². The van der Waals surface area contributed by atoms with Crippen LogP contribution in [0.1, 0.15) is 18.4 Å². The molecule has 0 saturated carbocycles. The number of ether oxygens (including phenoxy) is 2. The van der Waals surface area contributed by atoms with Gasteiger partial charge in [0.15, 0.2) is 5.75 Å². The molecule has 0 spiro atoms. The summed E-state index contributed by atoms with van der Waals surface area (Å²) in [5, 5.41) is 10.9. The smallest absolute Gasteiger partial charge is 0.211 e. The SMILES string of the molecule is CS(=O)(=O)N1CCC(COc2ccc3c(ccn3-c3cc(Cl)c(OCCCl)c(C#N)c3)c2)CC1.